The zero-order valence-electron chi connectivity index (χ0n) is 20.3. The molecule has 10 nitrogen and oxygen atoms in total. The highest BCUT2D eigenvalue weighted by molar-refractivity contribution is 8.16. The minimum absolute atomic E-state index is 0.0341. The number of phenols is 2. The molecule has 1 atom stereocenters. The van der Waals surface area contributed by atoms with Crippen LogP contribution >= 0.6 is 11.8 Å². The van der Waals surface area contributed by atoms with Crippen LogP contribution in [0.5, 0.6) is 11.5 Å². The number of carbonyl (C=O) groups excluding carboxylic acids is 3. The summed E-state index contributed by atoms with van der Waals surface area (Å²) in [6.45, 7) is 1.98. The van der Waals surface area contributed by atoms with Crippen molar-refractivity contribution < 1.29 is 29.3 Å². The summed E-state index contributed by atoms with van der Waals surface area (Å²) in [4.78, 5) is 39.2. The lowest BCUT2D eigenvalue weighted by Crippen LogP contribution is -2.33. The van der Waals surface area contributed by atoms with Gasteiger partial charge in [0.05, 0.1) is 24.1 Å². The van der Waals surface area contributed by atoms with Crippen LogP contribution in [0.15, 0.2) is 83.0 Å². The van der Waals surface area contributed by atoms with E-state index in [1.165, 1.54) is 29.3 Å². The number of phenolic OH excluding ortho intramolecular Hbond substituents is 2. The average molecular weight is 533 g/mol. The molecule has 3 aromatic rings. The first-order chi connectivity index (χ1) is 18.4. The van der Waals surface area contributed by atoms with E-state index in [4.69, 9.17) is 4.74 Å². The maximum absolute atomic E-state index is 13.3. The smallest absolute Gasteiger partial charge is 0.338 e. The Bertz CT molecular complexity index is 1390. The summed E-state index contributed by atoms with van der Waals surface area (Å²) in [5.41, 5.74) is 1.73. The van der Waals surface area contributed by atoms with Gasteiger partial charge in [0.25, 0.3) is 0 Å². The normalized spacial score (nSPS) is 16.2. The number of hydrogen-bond acceptors (Lipinski definition) is 9. The minimum Gasteiger partial charge on any atom is -0.508 e. The van der Waals surface area contributed by atoms with Gasteiger partial charge in [0.15, 0.2) is 5.17 Å². The van der Waals surface area contributed by atoms with E-state index in [0.29, 0.717) is 22.5 Å². The van der Waals surface area contributed by atoms with Gasteiger partial charge < -0.3 is 20.3 Å². The van der Waals surface area contributed by atoms with E-state index in [1.807, 2.05) is 0 Å². The number of anilines is 2. The number of para-hydroxylation sites is 1. The third kappa shape index (κ3) is 6.37. The molecule has 0 bridgehead atoms. The van der Waals surface area contributed by atoms with Crippen molar-refractivity contribution in [2.75, 3.05) is 16.8 Å². The zero-order chi connectivity index (χ0) is 27.1. The molecule has 0 radical (unpaired) electrons. The fourth-order valence-electron chi connectivity index (χ4n) is 3.53. The average Bonchev–Trinajstić information content (AvgIpc) is 3.20. The summed E-state index contributed by atoms with van der Waals surface area (Å²) in [5.74, 6) is -1.15. The van der Waals surface area contributed by atoms with Gasteiger partial charge in [-0.1, -0.05) is 23.9 Å². The van der Waals surface area contributed by atoms with Crippen molar-refractivity contribution in [1.29, 1.82) is 0 Å². The number of amides is 2. The van der Waals surface area contributed by atoms with Crippen LogP contribution in [0, 0.1) is 0 Å². The molecule has 4 rings (SSSR count). The predicted octanol–water partition coefficient (Wildman–Crippen LogP) is 4.14. The van der Waals surface area contributed by atoms with Crippen LogP contribution in [0.3, 0.4) is 0 Å². The maximum atomic E-state index is 13.3. The van der Waals surface area contributed by atoms with Crippen molar-refractivity contribution in [3.05, 3.63) is 83.9 Å². The summed E-state index contributed by atoms with van der Waals surface area (Å²) in [7, 11) is 0. The number of hydrogen-bond donors (Lipinski definition) is 3. The highest BCUT2D eigenvalue weighted by Gasteiger charge is 2.40. The molecule has 3 N–H and O–H groups in total. The van der Waals surface area contributed by atoms with Crippen LogP contribution in [0.1, 0.15) is 29.3 Å². The molecule has 1 saturated heterocycles. The van der Waals surface area contributed by atoms with Gasteiger partial charge in [-0.05, 0) is 67.6 Å². The molecular weight excluding hydrogens is 508 g/mol. The Kier molecular flexibility index (Phi) is 8.39. The maximum Gasteiger partial charge on any atom is 0.338 e. The molecule has 1 fully saturated rings. The molecule has 194 valence electrons. The number of carbonyl (C=O) groups is 3. The van der Waals surface area contributed by atoms with Crippen LogP contribution in [-0.2, 0) is 14.3 Å². The number of benzene rings is 3. The summed E-state index contributed by atoms with van der Waals surface area (Å²) >= 11 is 1.08. The fraction of sp³-hybridized carbons (Fsp3) is 0.148. The van der Waals surface area contributed by atoms with Crippen LogP contribution in [0.25, 0.3) is 0 Å². The van der Waals surface area contributed by atoms with Gasteiger partial charge in [-0.3, -0.25) is 14.5 Å². The number of amidine groups is 1. The second-order valence-electron chi connectivity index (χ2n) is 8.03. The van der Waals surface area contributed by atoms with Gasteiger partial charge in [-0.15, -0.1) is 5.10 Å². The van der Waals surface area contributed by atoms with Gasteiger partial charge in [0, 0.05) is 17.7 Å². The molecule has 1 unspecified atom stereocenters. The number of rotatable bonds is 8. The van der Waals surface area contributed by atoms with Gasteiger partial charge in [0.2, 0.25) is 11.8 Å². The standard InChI is InChI=1S/C27H24N4O6S/c1-2-37-26(36)17-7-9-19(10-8-17)29-24(34)15-23-25(35)31(20-11-13-21(32)14-12-20)27(38-23)30-28-16-18-5-3-4-6-22(18)33/h3-14,16,23,32-33H,2,15H2,1H3,(H,29,34)/b28-16+,30-27?. The molecule has 1 heterocycles. The summed E-state index contributed by atoms with van der Waals surface area (Å²) in [5, 5.41) is 30.0. The number of ether oxygens (including phenoxy) is 1. The SMILES string of the molecule is CCOC(=O)c1ccc(NC(=O)CC2SC(=N/N=C/c3ccccc3O)N(c3ccc(O)cc3)C2=O)cc1. The van der Waals surface area contributed by atoms with E-state index >= 15 is 0 Å². The topological polar surface area (TPSA) is 141 Å². The molecule has 38 heavy (non-hydrogen) atoms. The Labute approximate surface area is 222 Å². The van der Waals surface area contributed by atoms with Crippen molar-refractivity contribution in [3.63, 3.8) is 0 Å². The molecule has 0 aromatic heterocycles. The van der Waals surface area contributed by atoms with E-state index in [9.17, 15) is 24.6 Å². The van der Waals surface area contributed by atoms with E-state index < -0.39 is 17.1 Å². The van der Waals surface area contributed by atoms with Crippen molar-refractivity contribution in [2.24, 2.45) is 10.2 Å². The van der Waals surface area contributed by atoms with E-state index in [-0.39, 0.29) is 35.6 Å². The highest BCUT2D eigenvalue weighted by atomic mass is 32.2. The lowest BCUT2D eigenvalue weighted by Gasteiger charge is -2.16. The van der Waals surface area contributed by atoms with Crippen LogP contribution in [0.4, 0.5) is 11.4 Å². The molecule has 11 heteroatoms. The quantitative estimate of drug-likeness (QED) is 0.225. The van der Waals surface area contributed by atoms with Gasteiger partial charge >= 0.3 is 5.97 Å². The second-order valence-corrected chi connectivity index (χ2v) is 9.20. The minimum atomic E-state index is -0.776. The summed E-state index contributed by atoms with van der Waals surface area (Å²) in [6.07, 6.45) is 1.22. The molecule has 1 aliphatic heterocycles. The first-order valence-electron chi connectivity index (χ1n) is 11.6. The largest absolute Gasteiger partial charge is 0.508 e. The Balaban J connectivity index is 1.49. The Morgan fingerprint density at radius 1 is 1.05 bits per heavy atom. The fourth-order valence-corrected chi connectivity index (χ4v) is 4.62. The predicted molar refractivity (Wildman–Crippen MR) is 146 cm³/mol. The number of nitrogens with zero attached hydrogens (tertiary/aromatic N) is 3. The van der Waals surface area contributed by atoms with Crippen LogP contribution in [0.2, 0.25) is 0 Å². The van der Waals surface area contributed by atoms with Crippen molar-refractivity contribution in [1.82, 2.24) is 0 Å². The third-order valence-electron chi connectivity index (χ3n) is 5.37. The van der Waals surface area contributed by atoms with Gasteiger partial charge in [0.1, 0.15) is 16.7 Å². The van der Waals surface area contributed by atoms with Crippen molar-refractivity contribution >= 4 is 52.3 Å². The second kappa shape index (κ2) is 12.1. The summed E-state index contributed by atoms with van der Waals surface area (Å²) in [6, 6.07) is 18.9. The van der Waals surface area contributed by atoms with E-state index in [0.717, 1.165) is 11.8 Å². The highest BCUT2D eigenvalue weighted by Crippen LogP contribution is 2.34. The third-order valence-corrected chi connectivity index (χ3v) is 6.50. The molecule has 0 aliphatic carbocycles. The first-order valence-corrected chi connectivity index (χ1v) is 12.5. The van der Waals surface area contributed by atoms with Gasteiger partial charge in [-0.25, -0.2) is 4.79 Å². The molecule has 1 aliphatic rings. The van der Waals surface area contributed by atoms with E-state index in [1.54, 1.807) is 61.5 Å². The lowest BCUT2D eigenvalue weighted by atomic mass is 10.2. The zero-order valence-corrected chi connectivity index (χ0v) is 21.1. The molecule has 0 spiro atoms. The van der Waals surface area contributed by atoms with Gasteiger partial charge in [-0.2, -0.15) is 5.10 Å². The van der Waals surface area contributed by atoms with E-state index in [2.05, 4.69) is 15.5 Å². The molecular formula is C27H24N4O6S. The lowest BCUT2D eigenvalue weighted by molar-refractivity contribution is -0.121. The number of thioether (sulfide) groups is 1. The number of nitrogens with one attached hydrogen (secondary N) is 1. The van der Waals surface area contributed by atoms with Crippen LogP contribution in [-0.4, -0.2) is 51.2 Å². The van der Waals surface area contributed by atoms with Crippen molar-refractivity contribution in [2.45, 2.75) is 18.6 Å². The first kappa shape index (κ1) is 26.4. The Hall–Kier alpha value is -4.64. The Morgan fingerprint density at radius 3 is 2.45 bits per heavy atom. The monoisotopic (exact) mass is 532 g/mol. The summed E-state index contributed by atoms with van der Waals surface area (Å²) < 4.78 is 4.95. The molecule has 2 amide bonds. The molecule has 0 saturated carbocycles. The van der Waals surface area contributed by atoms with Crippen LogP contribution < -0.4 is 10.2 Å². The molecule has 3 aromatic carbocycles. The number of esters is 1. The van der Waals surface area contributed by atoms with Crippen molar-refractivity contribution in [3.8, 4) is 11.5 Å². The Morgan fingerprint density at radius 2 is 1.76 bits per heavy atom. The number of aromatic hydroxyl groups is 2.